The second kappa shape index (κ2) is 15.1. The van der Waals surface area contributed by atoms with Gasteiger partial charge in [0, 0.05) is 31.6 Å². The molecule has 2 heterocycles. The Labute approximate surface area is 234 Å². The summed E-state index contributed by atoms with van der Waals surface area (Å²) in [6, 6.07) is -2.13. The van der Waals surface area contributed by atoms with Crippen molar-refractivity contribution in [3.8, 4) is 0 Å². The molecule has 1 saturated carbocycles. The Balaban J connectivity index is 1.86. The number of amides is 5. The van der Waals surface area contributed by atoms with Crippen molar-refractivity contribution in [2.24, 2.45) is 0 Å². The van der Waals surface area contributed by atoms with Crippen LogP contribution in [0.5, 0.6) is 0 Å². The molecule has 3 aliphatic rings. The van der Waals surface area contributed by atoms with Crippen LogP contribution in [-0.2, 0) is 38.2 Å². The Hall–Kier alpha value is -2.78. The van der Waals surface area contributed by atoms with Crippen LogP contribution in [0.1, 0.15) is 38.5 Å². The summed E-state index contributed by atoms with van der Waals surface area (Å²) in [6.45, 7) is 0.200. The van der Waals surface area contributed by atoms with E-state index in [-0.39, 0.29) is 30.9 Å². The highest BCUT2D eigenvalue weighted by atomic mass is 33.1. The molecule has 1 saturated heterocycles. The zero-order valence-corrected chi connectivity index (χ0v) is 23.4. The van der Waals surface area contributed by atoms with Crippen LogP contribution in [0, 0.1) is 0 Å². The molecule has 0 aromatic rings. The standard InChI is InChI=1S/C24H35N5O8S2/c1-36-10-9-25-18(30)6-5-16-21(33)28-17-14-39-38-11-3-2-4-15(12-19(31)27-16)37-20(32)13-26-23(35)24(7-8-24)29-22(17)34/h2,4,15-17H,3,5-14H2,1H3,(H,25,30)(H,26,35)(H,27,31)(H,28,33)(H,29,34)/b4-2+/t15-,16+,17-/m0/s1. The van der Waals surface area contributed by atoms with Gasteiger partial charge < -0.3 is 36.1 Å². The minimum atomic E-state index is -1.16. The molecule has 0 unspecified atom stereocenters. The first-order valence-corrected chi connectivity index (χ1v) is 15.3. The average Bonchev–Trinajstić information content (AvgIpc) is 3.67. The number of methoxy groups -OCH3 is 1. The van der Waals surface area contributed by atoms with Crippen LogP contribution >= 0.6 is 21.6 Å². The first-order chi connectivity index (χ1) is 18.7. The molecule has 39 heavy (non-hydrogen) atoms. The smallest absolute Gasteiger partial charge is 0.326 e. The second-order valence-electron chi connectivity index (χ2n) is 9.37. The lowest BCUT2D eigenvalue weighted by atomic mass is 10.1. The topological polar surface area (TPSA) is 181 Å². The number of allylic oxidation sites excluding steroid dienone is 1. The first-order valence-electron chi connectivity index (χ1n) is 12.8. The van der Waals surface area contributed by atoms with Gasteiger partial charge in [-0.25, -0.2) is 0 Å². The Bertz CT molecular complexity index is 974. The summed E-state index contributed by atoms with van der Waals surface area (Å²) in [5.74, 6) is -2.46. The third-order valence-corrected chi connectivity index (χ3v) is 8.67. The lowest BCUT2D eigenvalue weighted by Crippen LogP contribution is -2.59. The molecule has 0 radical (unpaired) electrons. The third kappa shape index (κ3) is 10.0. The van der Waals surface area contributed by atoms with Gasteiger partial charge in [-0.3, -0.25) is 28.8 Å². The SMILES string of the molecule is COCCNC(=O)CC[C@H]1NC(=O)C[C@@H]2/C=C/CCSSC[C@H](NC1=O)C(=O)NC1(CC1)C(=O)NCC(=O)O2. The number of hydrogen-bond donors (Lipinski definition) is 5. The van der Waals surface area contributed by atoms with Gasteiger partial charge in [0.05, 0.1) is 13.0 Å². The molecule has 5 amide bonds. The van der Waals surface area contributed by atoms with Gasteiger partial charge in [-0.05, 0) is 31.8 Å². The number of carbonyl (C=O) groups is 6. The number of carbonyl (C=O) groups excluding carboxylic acids is 6. The number of esters is 1. The van der Waals surface area contributed by atoms with Crippen molar-refractivity contribution in [1.82, 2.24) is 26.6 Å². The molecule has 216 valence electrons. The van der Waals surface area contributed by atoms with Crippen molar-refractivity contribution >= 4 is 57.1 Å². The number of fused-ring (bicyclic) bond motifs is 7. The maximum atomic E-state index is 13.3. The molecular formula is C24H35N5O8S2. The summed E-state index contributed by atoms with van der Waals surface area (Å²) in [5.41, 5.74) is -1.16. The highest BCUT2D eigenvalue weighted by Gasteiger charge is 2.52. The van der Waals surface area contributed by atoms with E-state index in [2.05, 4.69) is 26.6 Å². The van der Waals surface area contributed by atoms with E-state index in [0.717, 1.165) is 0 Å². The summed E-state index contributed by atoms with van der Waals surface area (Å²) in [6.07, 6.45) is 3.53. The molecule has 13 nitrogen and oxygen atoms in total. The van der Waals surface area contributed by atoms with E-state index in [1.54, 1.807) is 12.2 Å². The fourth-order valence-electron chi connectivity index (χ4n) is 3.89. The highest BCUT2D eigenvalue weighted by molar-refractivity contribution is 8.76. The van der Waals surface area contributed by atoms with Gasteiger partial charge in [-0.1, -0.05) is 27.7 Å². The lowest BCUT2D eigenvalue weighted by molar-refractivity contribution is -0.148. The Kier molecular flexibility index (Phi) is 11.9. The molecule has 1 spiro atoms. The molecule has 0 aromatic heterocycles. The number of hydrogen-bond acceptors (Lipinski definition) is 10. The zero-order chi connectivity index (χ0) is 28.3. The fraction of sp³-hybridized carbons (Fsp3) is 0.667. The van der Waals surface area contributed by atoms with Crippen molar-refractivity contribution in [2.45, 2.75) is 62.3 Å². The summed E-state index contributed by atoms with van der Waals surface area (Å²) in [4.78, 5) is 77.0. The van der Waals surface area contributed by atoms with Crippen LogP contribution in [0.15, 0.2) is 12.2 Å². The number of ether oxygens (including phenoxy) is 2. The molecule has 1 aliphatic carbocycles. The predicted molar refractivity (Wildman–Crippen MR) is 144 cm³/mol. The Morgan fingerprint density at radius 1 is 1.15 bits per heavy atom. The van der Waals surface area contributed by atoms with Crippen molar-refractivity contribution in [2.75, 3.05) is 38.3 Å². The molecule has 15 heteroatoms. The van der Waals surface area contributed by atoms with E-state index in [1.165, 1.54) is 28.7 Å². The van der Waals surface area contributed by atoms with Crippen molar-refractivity contribution in [3.63, 3.8) is 0 Å². The number of nitrogens with one attached hydrogen (secondary N) is 5. The van der Waals surface area contributed by atoms with Crippen molar-refractivity contribution in [3.05, 3.63) is 12.2 Å². The molecule has 3 atom stereocenters. The quantitative estimate of drug-likeness (QED) is 0.111. The maximum absolute atomic E-state index is 13.3. The summed E-state index contributed by atoms with van der Waals surface area (Å²) in [7, 11) is 4.40. The van der Waals surface area contributed by atoms with Crippen LogP contribution < -0.4 is 26.6 Å². The normalized spacial score (nSPS) is 27.2. The van der Waals surface area contributed by atoms with E-state index in [9.17, 15) is 28.8 Å². The molecule has 0 aromatic carbocycles. The Morgan fingerprint density at radius 3 is 2.69 bits per heavy atom. The molecule has 3 rings (SSSR count). The van der Waals surface area contributed by atoms with Crippen LogP contribution in [0.25, 0.3) is 0 Å². The van der Waals surface area contributed by atoms with Crippen LogP contribution in [0.2, 0.25) is 0 Å². The van der Waals surface area contributed by atoms with Gasteiger partial charge in [-0.15, -0.1) is 0 Å². The summed E-state index contributed by atoms with van der Waals surface area (Å²) < 4.78 is 10.3. The zero-order valence-electron chi connectivity index (χ0n) is 21.7. The molecule has 5 N–H and O–H groups in total. The van der Waals surface area contributed by atoms with E-state index in [1.807, 2.05) is 0 Å². The van der Waals surface area contributed by atoms with Gasteiger partial charge >= 0.3 is 5.97 Å². The van der Waals surface area contributed by atoms with Crippen molar-refractivity contribution in [1.29, 1.82) is 0 Å². The van der Waals surface area contributed by atoms with Gasteiger partial charge in [0.2, 0.25) is 29.5 Å². The van der Waals surface area contributed by atoms with Gasteiger partial charge in [0.15, 0.2) is 0 Å². The van der Waals surface area contributed by atoms with Gasteiger partial charge in [-0.2, -0.15) is 0 Å². The molecular weight excluding hydrogens is 550 g/mol. The fourth-order valence-corrected chi connectivity index (χ4v) is 6.05. The van der Waals surface area contributed by atoms with Crippen LogP contribution in [0.4, 0.5) is 0 Å². The minimum Gasteiger partial charge on any atom is -0.456 e. The summed E-state index contributed by atoms with van der Waals surface area (Å²) >= 11 is 0. The highest BCUT2D eigenvalue weighted by Crippen LogP contribution is 2.36. The van der Waals surface area contributed by atoms with Crippen molar-refractivity contribution < 1.29 is 38.2 Å². The second-order valence-corrected chi connectivity index (χ2v) is 12.0. The van der Waals surface area contributed by atoms with E-state index in [0.29, 0.717) is 38.2 Å². The van der Waals surface area contributed by atoms with E-state index < -0.39 is 59.9 Å². The first kappa shape index (κ1) is 30.8. The van der Waals surface area contributed by atoms with E-state index >= 15 is 0 Å². The van der Waals surface area contributed by atoms with Crippen LogP contribution in [-0.4, -0.2) is 97.5 Å². The predicted octanol–water partition coefficient (Wildman–Crippen LogP) is -1.08. The van der Waals surface area contributed by atoms with Gasteiger partial charge in [0.25, 0.3) is 0 Å². The third-order valence-electron chi connectivity index (χ3n) is 6.22. The average molecular weight is 586 g/mol. The van der Waals surface area contributed by atoms with Gasteiger partial charge in [0.1, 0.15) is 30.3 Å². The minimum absolute atomic E-state index is 0.0285. The molecule has 2 fully saturated rings. The summed E-state index contributed by atoms with van der Waals surface area (Å²) in [5, 5.41) is 13.2. The van der Waals surface area contributed by atoms with E-state index in [4.69, 9.17) is 9.47 Å². The lowest BCUT2D eigenvalue weighted by Gasteiger charge is -2.26. The largest absolute Gasteiger partial charge is 0.456 e. The Morgan fingerprint density at radius 2 is 1.95 bits per heavy atom. The monoisotopic (exact) mass is 585 g/mol. The molecule has 2 bridgehead atoms. The number of rotatable bonds is 6. The van der Waals surface area contributed by atoms with Crippen LogP contribution in [0.3, 0.4) is 0 Å². The maximum Gasteiger partial charge on any atom is 0.326 e. The molecule has 2 aliphatic heterocycles.